The van der Waals surface area contributed by atoms with Gasteiger partial charge in [0.15, 0.2) is 0 Å². The van der Waals surface area contributed by atoms with E-state index in [1.807, 2.05) is 0 Å². The summed E-state index contributed by atoms with van der Waals surface area (Å²) >= 11 is 0. The molecular formula is C11H18F3NO2. The molecule has 2 N–H and O–H groups in total. The van der Waals surface area contributed by atoms with Crippen molar-refractivity contribution in [3.05, 3.63) is 0 Å². The Morgan fingerprint density at radius 1 is 1.29 bits per heavy atom. The molecule has 17 heavy (non-hydrogen) atoms. The molecule has 1 aliphatic rings. The Labute approximate surface area is 98.4 Å². The Morgan fingerprint density at radius 3 is 2.24 bits per heavy atom. The Hall–Kier alpha value is -0.780. The zero-order valence-corrected chi connectivity index (χ0v) is 9.81. The largest absolute Gasteiger partial charge is 0.480 e. The van der Waals surface area contributed by atoms with Crippen LogP contribution in [0.3, 0.4) is 0 Å². The van der Waals surface area contributed by atoms with Gasteiger partial charge in [-0.05, 0) is 25.7 Å². The van der Waals surface area contributed by atoms with Crippen LogP contribution in [0.2, 0.25) is 0 Å². The van der Waals surface area contributed by atoms with E-state index in [4.69, 9.17) is 5.11 Å². The van der Waals surface area contributed by atoms with Crippen molar-refractivity contribution in [1.82, 2.24) is 5.32 Å². The van der Waals surface area contributed by atoms with E-state index in [1.54, 1.807) is 0 Å². The summed E-state index contributed by atoms with van der Waals surface area (Å²) in [5.41, 5.74) is -1.48. The van der Waals surface area contributed by atoms with Gasteiger partial charge in [0.25, 0.3) is 0 Å². The molecular weight excluding hydrogens is 235 g/mol. The Kier molecular flexibility index (Phi) is 4.41. The highest BCUT2D eigenvalue weighted by molar-refractivity contribution is 5.78. The van der Waals surface area contributed by atoms with E-state index < -0.39 is 24.2 Å². The van der Waals surface area contributed by atoms with Crippen LogP contribution in [0.4, 0.5) is 13.2 Å². The van der Waals surface area contributed by atoms with Gasteiger partial charge in [0.05, 0.1) is 6.54 Å². The second-order valence-electron chi connectivity index (χ2n) is 4.81. The summed E-state index contributed by atoms with van der Waals surface area (Å²) in [6.07, 6.45) is -0.222. The van der Waals surface area contributed by atoms with Crippen LogP contribution in [0.5, 0.6) is 0 Å². The first-order valence-electron chi connectivity index (χ1n) is 5.81. The van der Waals surface area contributed by atoms with Crippen molar-refractivity contribution in [2.45, 2.75) is 50.7 Å². The van der Waals surface area contributed by atoms with Crippen molar-refractivity contribution >= 4 is 5.97 Å². The predicted octanol–water partition coefficient (Wildman–Crippen LogP) is 2.56. The van der Waals surface area contributed by atoms with E-state index in [2.05, 4.69) is 5.32 Å². The Morgan fingerprint density at radius 2 is 1.82 bits per heavy atom. The molecule has 0 radical (unpaired) electrons. The average molecular weight is 253 g/mol. The first-order chi connectivity index (χ1) is 7.76. The molecule has 0 bridgehead atoms. The number of nitrogens with one attached hydrogen (secondary N) is 1. The SMILES string of the molecule is CC(NCC(F)(F)F)(C(=O)O)C1CCCCC1. The van der Waals surface area contributed by atoms with E-state index in [0.717, 1.165) is 19.3 Å². The molecule has 0 spiro atoms. The van der Waals surface area contributed by atoms with Gasteiger partial charge in [-0.3, -0.25) is 10.1 Å². The fourth-order valence-corrected chi connectivity index (χ4v) is 2.36. The highest BCUT2D eigenvalue weighted by atomic mass is 19.4. The molecule has 0 amide bonds. The smallest absolute Gasteiger partial charge is 0.401 e. The number of hydrogen-bond acceptors (Lipinski definition) is 2. The molecule has 6 heteroatoms. The van der Waals surface area contributed by atoms with Crippen molar-refractivity contribution in [2.75, 3.05) is 6.54 Å². The van der Waals surface area contributed by atoms with Gasteiger partial charge in [0.2, 0.25) is 0 Å². The van der Waals surface area contributed by atoms with Crippen LogP contribution < -0.4 is 5.32 Å². The van der Waals surface area contributed by atoms with Gasteiger partial charge in [0.1, 0.15) is 5.54 Å². The molecule has 0 aromatic heterocycles. The van der Waals surface area contributed by atoms with Gasteiger partial charge in [-0.1, -0.05) is 19.3 Å². The van der Waals surface area contributed by atoms with Crippen LogP contribution in [0, 0.1) is 5.92 Å². The highest BCUT2D eigenvalue weighted by Gasteiger charge is 2.43. The molecule has 0 aromatic carbocycles. The number of carboxylic acid groups (broad SMARTS) is 1. The predicted molar refractivity (Wildman–Crippen MR) is 56.7 cm³/mol. The molecule has 1 unspecified atom stereocenters. The molecule has 0 aromatic rings. The minimum absolute atomic E-state index is 0.226. The van der Waals surface area contributed by atoms with Gasteiger partial charge in [-0.2, -0.15) is 13.2 Å². The number of hydrogen-bond donors (Lipinski definition) is 2. The van der Waals surface area contributed by atoms with Gasteiger partial charge in [-0.15, -0.1) is 0 Å². The van der Waals surface area contributed by atoms with E-state index in [-0.39, 0.29) is 5.92 Å². The summed E-state index contributed by atoms with van der Waals surface area (Å²) in [6, 6.07) is 0. The summed E-state index contributed by atoms with van der Waals surface area (Å²) in [6.45, 7) is 0.101. The Bertz CT molecular complexity index is 274. The minimum atomic E-state index is -4.38. The van der Waals surface area contributed by atoms with Crippen molar-refractivity contribution in [1.29, 1.82) is 0 Å². The number of rotatable bonds is 4. The molecule has 0 saturated heterocycles. The quantitative estimate of drug-likeness (QED) is 0.809. The Balaban J connectivity index is 2.70. The average Bonchev–Trinajstić information content (AvgIpc) is 2.26. The third-order valence-electron chi connectivity index (χ3n) is 3.52. The lowest BCUT2D eigenvalue weighted by Gasteiger charge is -2.37. The second kappa shape index (κ2) is 5.25. The van der Waals surface area contributed by atoms with Crippen LogP contribution >= 0.6 is 0 Å². The van der Waals surface area contributed by atoms with Crippen molar-refractivity contribution < 1.29 is 23.1 Å². The molecule has 1 saturated carbocycles. The second-order valence-corrected chi connectivity index (χ2v) is 4.81. The van der Waals surface area contributed by atoms with Crippen LogP contribution in [0.15, 0.2) is 0 Å². The molecule has 1 fully saturated rings. The monoisotopic (exact) mass is 253 g/mol. The summed E-state index contributed by atoms with van der Waals surface area (Å²) in [7, 11) is 0. The summed E-state index contributed by atoms with van der Waals surface area (Å²) in [4.78, 5) is 11.2. The molecule has 100 valence electrons. The van der Waals surface area contributed by atoms with Crippen LogP contribution in [0.25, 0.3) is 0 Å². The van der Waals surface area contributed by atoms with Gasteiger partial charge in [0, 0.05) is 0 Å². The van der Waals surface area contributed by atoms with Crippen LogP contribution in [-0.2, 0) is 4.79 Å². The third kappa shape index (κ3) is 3.87. The molecule has 0 heterocycles. The minimum Gasteiger partial charge on any atom is -0.480 e. The zero-order valence-electron chi connectivity index (χ0n) is 9.81. The van der Waals surface area contributed by atoms with E-state index >= 15 is 0 Å². The zero-order chi connectivity index (χ0) is 13.1. The molecule has 1 atom stereocenters. The lowest BCUT2D eigenvalue weighted by molar-refractivity contribution is -0.153. The molecule has 1 rings (SSSR count). The van der Waals surface area contributed by atoms with Crippen LogP contribution in [-0.4, -0.2) is 29.3 Å². The third-order valence-corrected chi connectivity index (χ3v) is 3.52. The summed E-state index contributed by atoms with van der Waals surface area (Å²) in [5, 5.41) is 11.3. The number of carbonyl (C=O) groups is 1. The first kappa shape index (κ1) is 14.3. The van der Waals surface area contributed by atoms with Crippen molar-refractivity contribution in [3.8, 4) is 0 Å². The fourth-order valence-electron chi connectivity index (χ4n) is 2.36. The first-order valence-corrected chi connectivity index (χ1v) is 5.81. The van der Waals surface area contributed by atoms with E-state index in [0.29, 0.717) is 12.8 Å². The van der Waals surface area contributed by atoms with Crippen molar-refractivity contribution in [3.63, 3.8) is 0 Å². The normalized spacial score (nSPS) is 22.1. The number of aliphatic carboxylic acids is 1. The number of carboxylic acids is 1. The van der Waals surface area contributed by atoms with E-state index in [1.165, 1.54) is 6.92 Å². The van der Waals surface area contributed by atoms with Crippen LogP contribution in [0.1, 0.15) is 39.0 Å². The lowest BCUT2D eigenvalue weighted by atomic mass is 9.75. The van der Waals surface area contributed by atoms with Gasteiger partial charge < -0.3 is 5.11 Å². The lowest BCUT2D eigenvalue weighted by Crippen LogP contribution is -2.57. The molecule has 0 aliphatic heterocycles. The van der Waals surface area contributed by atoms with Gasteiger partial charge >= 0.3 is 12.1 Å². The fraction of sp³-hybridized carbons (Fsp3) is 0.909. The number of halogens is 3. The standard InChI is InChI=1S/C11H18F3NO2/c1-10(9(16)17,15-7-11(12,13)14)8-5-3-2-4-6-8/h8,15H,2-7H2,1H3,(H,16,17). The van der Waals surface area contributed by atoms with Gasteiger partial charge in [-0.25, -0.2) is 0 Å². The number of alkyl halides is 3. The topological polar surface area (TPSA) is 49.3 Å². The summed E-state index contributed by atoms with van der Waals surface area (Å²) < 4.78 is 36.5. The maximum atomic E-state index is 12.2. The van der Waals surface area contributed by atoms with Crippen molar-refractivity contribution in [2.24, 2.45) is 5.92 Å². The molecule has 1 aliphatic carbocycles. The maximum Gasteiger partial charge on any atom is 0.401 e. The van der Waals surface area contributed by atoms with E-state index in [9.17, 15) is 18.0 Å². The highest BCUT2D eigenvalue weighted by Crippen LogP contribution is 2.33. The molecule has 3 nitrogen and oxygen atoms in total. The summed E-state index contributed by atoms with van der Waals surface area (Å²) in [5.74, 6) is -1.43. The maximum absolute atomic E-state index is 12.2.